The van der Waals surface area contributed by atoms with Gasteiger partial charge in [0.25, 0.3) is 0 Å². The highest BCUT2D eigenvalue weighted by atomic mass is 35.5. The molecule has 1 atom stereocenters. The van der Waals surface area contributed by atoms with Crippen LogP contribution in [0.1, 0.15) is 23.7 Å². The monoisotopic (exact) mass is 303 g/mol. The van der Waals surface area contributed by atoms with E-state index in [2.05, 4.69) is 14.5 Å². The third kappa shape index (κ3) is 2.90. The second-order valence-electron chi connectivity index (χ2n) is 4.98. The molecule has 3 nitrogen and oxygen atoms in total. The second kappa shape index (κ2) is 5.82. The molecule has 0 fully saturated rings. The van der Waals surface area contributed by atoms with Crippen LogP contribution < -0.4 is 0 Å². The van der Waals surface area contributed by atoms with Crippen molar-refractivity contribution in [3.05, 3.63) is 59.9 Å². The van der Waals surface area contributed by atoms with Crippen molar-refractivity contribution in [2.45, 2.75) is 25.3 Å². The molecule has 108 valence electrons. The van der Waals surface area contributed by atoms with Gasteiger partial charge in [0, 0.05) is 12.7 Å². The number of alkyl halides is 1. The fourth-order valence-corrected chi connectivity index (χ4v) is 2.64. The molecule has 0 saturated carbocycles. The average molecular weight is 304 g/mol. The fraction of sp³-hybridized carbons (Fsp3) is 0.250. The molecule has 5 heteroatoms. The van der Waals surface area contributed by atoms with E-state index in [9.17, 15) is 4.39 Å². The van der Waals surface area contributed by atoms with Crippen molar-refractivity contribution in [1.82, 2.24) is 14.5 Å². The number of hydrogen-bond acceptors (Lipinski definition) is 2. The summed E-state index contributed by atoms with van der Waals surface area (Å²) in [6.07, 6.45) is 4.20. The Labute approximate surface area is 127 Å². The normalized spacial score (nSPS) is 12.7. The molecule has 2 aromatic heterocycles. The summed E-state index contributed by atoms with van der Waals surface area (Å²) in [4.78, 5) is 8.62. The van der Waals surface area contributed by atoms with Gasteiger partial charge in [0.1, 0.15) is 17.2 Å². The summed E-state index contributed by atoms with van der Waals surface area (Å²) in [6.45, 7) is 2.60. The van der Waals surface area contributed by atoms with E-state index in [1.807, 2.05) is 19.1 Å². The minimum Gasteiger partial charge on any atom is -0.326 e. The predicted molar refractivity (Wildman–Crippen MR) is 81.9 cm³/mol. The Morgan fingerprint density at radius 3 is 2.95 bits per heavy atom. The zero-order valence-corrected chi connectivity index (χ0v) is 12.4. The lowest BCUT2D eigenvalue weighted by atomic mass is 10.1. The minimum absolute atomic E-state index is 0.190. The first kappa shape index (κ1) is 14.0. The van der Waals surface area contributed by atoms with E-state index in [0.29, 0.717) is 6.54 Å². The highest BCUT2D eigenvalue weighted by Gasteiger charge is 2.14. The third-order valence-electron chi connectivity index (χ3n) is 3.45. The van der Waals surface area contributed by atoms with E-state index < -0.39 is 0 Å². The van der Waals surface area contributed by atoms with Gasteiger partial charge in [-0.1, -0.05) is 12.1 Å². The smallest absolute Gasteiger partial charge is 0.127 e. The van der Waals surface area contributed by atoms with E-state index >= 15 is 0 Å². The summed E-state index contributed by atoms with van der Waals surface area (Å²) < 4.78 is 15.3. The van der Waals surface area contributed by atoms with Gasteiger partial charge in [-0.2, -0.15) is 0 Å². The lowest BCUT2D eigenvalue weighted by molar-refractivity contribution is 0.620. The first-order chi connectivity index (χ1) is 10.1. The van der Waals surface area contributed by atoms with Crippen LogP contribution in [0.25, 0.3) is 11.0 Å². The molecule has 0 aliphatic rings. The zero-order valence-electron chi connectivity index (χ0n) is 11.6. The van der Waals surface area contributed by atoms with Gasteiger partial charge in [-0.25, -0.2) is 9.37 Å². The van der Waals surface area contributed by atoms with Crippen LogP contribution in [0.2, 0.25) is 0 Å². The lowest BCUT2D eigenvalue weighted by Gasteiger charge is -2.10. The Morgan fingerprint density at radius 2 is 2.19 bits per heavy atom. The molecule has 0 N–H and O–H groups in total. The number of benzene rings is 1. The molecule has 0 spiro atoms. The van der Waals surface area contributed by atoms with E-state index in [-0.39, 0.29) is 11.2 Å². The highest BCUT2D eigenvalue weighted by Crippen LogP contribution is 2.24. The summed E-state index contributed by atoms with van der Waals surface area (Å²) >= 11 is 6.22. The average Bonchev–Trinajstić information content (AvgIpc) is 2.84. The van der Waals surface area contributed by atoms with Crippen molar-refractivity contribution in [1.29, 1.82) is 0 Å². The van der Waals surface area contributed by atoms with Gasteiger partial charge < -0.3 is 4.57 Å². The number of nitrogens with zero attached hydrogens (tertiary/aromatic N) is 3. The van der Waals surface area contributed by atoms with Crippen LogP contribution in [-0.4, -0.2) is 14.5 Å². The molecular weight excluding hydrogens is 289 g/mol. The molecule has 1 unspecified atom stereocenters. The summed E-state index contributed by atoms with van der Waals surface area (Å²) in [7, 11) is 0. The van der Waals surface area contributed by atoms with Crippen molar-refractivity contribution in [2.24, 2.45) is 0 Å². The molecule has 0 aliphatic heterocycles. The van der Waals surface area contributed by atoms with Crippen molar-refractivity contribution in [3.8, 4) is 0 Å². The molecule has 0 bridgehead atoms. The number of pyridine rings is 1. The molecule has 1 aromatic carbocycles. The highest BCUT2D eigenvalue weighted by molar-refractivity contribution is 6.20. The fourth-order valence-electron chi connectivity index (χ4n) is 2.47. The number of aryl methyl sites for hydroxylation is 2. The summed E-state index contributed by atoms with van der Waals surface area (Å²) in [5.74, 6) is 0.606. The van der Waals surface area contributed by atoms with Crippen LogP contribution in [0.5, 0.6) is 0 Å². The van der Waals surface area contributed by atoms with Crippen LogP contribution in [0, 0.1) is 5.82 Å². The van der Waals surface area contributed by atoms with E-state index in [4.69, 9.17) is 11.6 Å². The maximum absolute atomic E-state index is 13.2. The number of fused-ring (bicyclic) bond motifs is 1. The van der Waals surface area contributed by atoms with Gasteiger partial charge >= 0.3 is 0 Å². The molecule has 3 rings (SSSR count). The van der Waals surface area contributed by atoms with Crippen molar-refractivity contribution < 1.29 is 4.39 Å². The minimum atomic E-state index is -0.210. The molecule has 0 saturated heterocycles. The number of hydrogen-bond donors (Lipinski definition) is 0. The van der Waals surface area contributed by atoms with Crippen LogP contribution in [0.3, 0.4) is 0 Å². The second-order valence-corrected chi connectivity index (χ2v) is 5.64. The third-order valence-corrected chi connectivity index (χ3v) is 3.64. The van der Waals surface area contributed by atoms with Crippen LogP contribution in [0.15, 0.2) is 42.7 Å². The van der Waals surface area contributed by atoms with Gasteiger partial charge in [0.2, 0.25) is 0 Å². The largest absolute Gasteiger partial charge is 0.326 e. The van der Waals surface area contributed by atoms with Crippen LogP contribution in [-0.2, 0) is 13.0 Å². The molecule has 2 heterocycles. The SMILES string of the molecule is CC(Cl)c1nc2cnccc2n1CCc1cccc(F)c1. The van der Waals surface area contributed by atoms with Crippen molar-refractivity contribution in [2.75, 3.05) is 0 Å². The number of aromatic nitrogens is 3. The summed E-state index contributed by atoms with van der Waals surface area (Å²) in [6, 6.07) is 8.59. The molecule has 0 amide bonds. The zero-order chi connectivity index (χ0) is 14.8. The summed E-state index contributed by atoms with van der Waals surface area (Å²) in [5, 5.41) is -0.190. The number of rotatable bonds is 4. The van der Waals surface area contributed by atoms with Crippen molar-refractivity contribution in [3.63, 3.8) is 0 Å². The van der Waals surface area contributed by atoms with Crippen molar-refractivity contribution >= 4 is 22.6 Å². The van der Waals surface area contributed by atoms with Crippen LogP contribution in [0.4, 0.5) is 4.39 Å². The number of halogens is 2. The summed E-state index contributed by atoms with van der Waals surface area (Å²) in [5.41, 5.74) is 2.79. The maximum Gasteiger partial charge on any atom is 0.127 e. The van der Waals surface area contributed by atoms with E-state index in [1.165, 1.54) is 6.07 Å². The first-order valence-electron chi connectivity index (χ1n) is 6.84. The topological polar surface area (TPSA) is 30.7 Å². The van der Waals surface area contributed by atoms with Gasteiger partial charge in [-0.15, -0.1) is 11.6 Å². The molecular formula is C16H15ClFN3. The van der Waals surface area contributed by atoms with Gasteiger partial charge in [0.15, 0.2) is 0 Å². The van der Waals surface area contributed by atoms with Crippen LogP contribution >= 0.6 is 11.6 Å². The Bertz CT molecular complexity index is 767. The first-order valence-corrected chi connectivity index (χ1v) is 7.27. The number of imidazole rings is 1. The van der Waals surface area contributed by atoms with Gasteiger partial charge in [0.05, 0.1) is 17.1 Å². The lowest BCUT2D eigenvalue weighted by Crippen LogP contribution is -2.07. The van der Waals surface area contributed by atoms with Gasteiger partial charge in [-0.3, -0.25) is 4.98 Å². The Balaban J connectivity index is 1.93. The van der Waals surface area contributed by atoms with E-state index in [1.54, 1.807) is 24.5 Å². The Morgan fingerprint density at radius 1 is 1.33 bits per heavy atom. The predicted octanol–water partition coefficient (Wildman–Crippen LogP) is 4.11. The van der Waals surface area contributed by atoms with E-state index in [0.717, 1.165) is 28.8 Å². The standard InChI is InChI=1S/C16H15ClFN3/c1-11(17)16-20-14-10-19-7-5-15(14)21(16)8-6-12-3-2-4-13(18)9-12/h2-5,7,9-11H,6,8H2,1H3. The van der Waals surface area contributed by atoms with Gasteiger partial charge in [-0.05, 0) is 37.1 Å². The maximum atomic E-state index is 13.2. The molecule has 3 aromatic rings. The molecule has 21 heavy (non-hydrogen) atoms. The Kier molecular flexibility index (Phi) is 3.88. The Hall–Kier alpha value is -1.94. The molecule has 0 radical (unpaired) electrons. The quantitative estimate of drug-likeness (QED) is 0.679. The molecule has 0 aliphatic carbocycles.